The van der Waals surface area contributed by atoms with E-state index in [2.05, 4.69) is 6.07 Å². The molecule has 0 saturated carbocycles. The number of nitriles is 1. The Kier molecular flexibility index (Phi) is 9.81. The normalized spacial score (nSPS) is 23.3. The van der Waals surface area contributed by atoms with Crippen LogP contribution in [0.3, 0.4) is 0 Å². The Morgan fingerprint density at radius 3 is 1.76 bits per heavy atom. The number of carboxylic acid groups (broad SMARTS) is 1. The minimum Gasteiger partial charge on any atom is -0.481 e. The van der Waals surface area contributed by atoms with E-state index < -0.39 is 36.3 Å². The van der Waals surface area contributed by atoms with Gasteiger partial charge < -0.3 is 24.1 Å². The lowest BCUT2D eigenvalue weighted by molar-refractivity contribution is -0.236. The molecule has 0 aromatic heterocycles. The van der Waals surface area contributed by atoms with E-state index in [0.717, 1.165) is 16.7 Å². The van der Waals surface area contributed by atoms with E-state index in [0.29, 0.717) is 6.61 Å². The predicted octanol–water partition coefficient (Wildman–Crippen LogP) is 4.76. The van der Waals surface area contributed by atoms with Crippen molar-refractivity contribution in [2.24, 2.45) is 5.92 Å². The molecule has 1 heterocycles. The van der Waals surface area contributed by atoms with Gasteiger partial charge in [0, 0.05) is 5.92 Å². The Morgan fingerprint density at radius 1 is 0.784 bits per heavy atom. The van der Waals surface area contributed by atoms with Gasteiger partial charge in [-0.1, -0.05) is 91.0 Å². The lowest BCUT2D eigenvalue weighted by atomic mass is 9.84. The van der Waals surface area contributed by atoms with Crippen molar-refractivity contribution in [3.8, 4) is 6.07 Å². The highest BCUT2D eigenvalue weighted by Gasteiger charge is 2.48. The van der Waals surface area contributed by atoms with E-state index >= 15 is 0 Å². The van der Waals surface area contributed by atoms with Gasteiger partial charge >= 0.3 is 5.97 Å². The molecule has 1 aliphatic heterocycles. The van der Waals surface area contributed by atoms with Crippen LogP contribution >= 0.6 is 0 Å². The van der Waals surface area contributed by atoms with Crippen LogP contribution in [0.25, 0.3) is 0 Å². The summed E-state index contributed by atoms with van der Waals surface area (Å²) in [5.74, 6) is -1.74. The SMILES string of the molecule is N#C[C@@H]1OC(COCc2ccccc2)[C@@H](OCc2ccccc2)C(OCc2ccccc2)C1CC(=O)O. The maximum atomic E-state index is 11.8. The van der Waals surface area contributed by atoms with E-state index in [1.807, 2.05) is 91.0 Å². The van der Waals surface area contributed by atoms with Gasteiger partial charge in [0.15, 0.2) is 6.10 Å². The van der Waals surface area contributed by atoms with Gasteiger partial charge in [0.05, 0.1) is 45.0 Å². The van der Waals surface area contributed by atoms with Crippen LogP contribution in [0.15, 0.2) is 91.0 Å². The monoisotopic (exact) mass is 501 g/mol. The summed E-state index contributed by atoms with van der Waals surface area (Å²) < 4.78 is 24.8. The molecule has 1 aliphatic rings. The van der Waals surface area contributed by atoms with Crippen molar-refractivity contribution in [3.05, 3.63) is 108 Å². The first-order chi connectivity index (χ1) is 18.1. The second kappa shape index (κ2) is 13.7. The van der Waals surface area contributed by atoms with E-state index in [9.17, 15) is 15.2 Å². The summed E-state index contributed by atoms with van der Waals surface area (Å²) in [5, 5.41) is 19.5. The average Bonchev–Trinajstić information content (AvgIpc) is 2.93. The fraction of sp³-hybridized carbons (Fsp3) is 0.333. The maximum absolute atomic E-state index is 11.8. The van der Waals surface area contributed by atoms with Crippen molar-refractivity contribution in [3.63, 3.8) is 0 Å². The van der Waals surface area contributed by atoms with Gasteiger partial charge in [0.25, 0.3) is 0 Å². The molecule has 1 saturated heterocycles. The molecule has 7 heteroatoms. The molecule has 0 aliphatic carbocycles. The lowest BCUT2D eigenvalue weighted by Crippen LogP contribution is -2.57. The zero-order valence-electron chi connectivity index (χ0n) is 20.5. The third kappa shape index (κ3) is 7.72. The molecule has 3 unspecified atom stereocenters. The largest absolute Gasteiger partial charge is 0.481 e. The summed E-state index contributed by atoms with van der Waals surface area (Å²) >= 11 is 0. The Hall–Kier alpha value is -3.54. The first-order valence-corrected chi connectivity index (χ1v) is 12.3. The van der Waals surface area contributed by atoms with Crippen LogP contribution in [0.5, 0.6) is 0 Å². The quantitative estimate of drug-likeness (QED) is 0.382. The second-order valence-electron chi connectivity index (χ2n) is 9.01. The molecule has 1 N–H and O–H groups in total. The molecule has 0 bridgehead atoms. The fourth-order valence-electron chi connectivity index (χ4n) is 4.50. The number of carbonyl (C=O) groups is 1. The molecule has 7 nitrogen and oxygen atoms in total. The van der Waals surface area contributed by atoms with Crippen molar-refractivity contribution < 1.29 is 28.8 Å². The van der Waals surface area contributed by atoms with Crippen molar-refractivity contribution in [2.75, 3.05) is 6.61 Å². The number of aliphatic carboxylic acids is 1. The van der Waals surface area contributed by atoms with Crippen LogP contribution < -0.4 is 0 Å². The van der Waals surface area contributed by atoms with Gasteiger partial charge in [-0.2, -0.15) is 5.26 Å². The fourth-order valence-corrected chi connectivity index (χ4v) is 4.50. The van der Waals surface area contributed by atoms with Crippen molar-refractivity contribution in [1.29, 1.82) is 5.26 Å². The van der Waals surface area contributed by atoms with Gasteiger partial charge in [0.1, 0.15) is 12.2 Å². The van der Waals surface area contributed by atoms with Gasteiger partial charge in [0.2, 0.25) is 0 Å². The highest BCUT2D eigenvalue weighted by Crippen LogP contribution is 2.34. The van der Waals surface area contributed by atoms with E-state index in [1.54, 1.807) is 0 Å². The van der Waals surface area contributed by atoms with E-state index in [4.69, 9.17) is 18.9 Å². The Labute approximate surface area is 217 Å². The van der Waals surface area contributed by atoms with Crippen molar-refractivity contribution in [1.82, 2.24) is 0 Å². The number of carboxylic acids is 1. The summed E-state index contributed by atoms with van der Waals surface area (Å²) in [7, 11) is 0. The molecule has 1 fully saturated rings. The zero-order chi connectivity index (χ0) is 25.9. The molecule has 192 valence electrons. The molecule has 4 rings (SSSR count). The number of rotatable bonds is 12. The number of ether oxygens (including phenoxy) is 4. The molecule has 0 spiro atoms. The third-order valence-corrected chi connectivity index (χ3v) is 6.32. The first kappa shape index (κ1) is 26.5. The summed E-state index contributed by atoms with van der Waals surface area (Å²) in [6.45, 7) is 1.07. The highest BCUT2D eigenvalue weighted by molar-refractivity contribution is 5.67. The Morgan fingerprint density at radius 2 is 1.27 bits per heavy atom. The van der Waals surface area contributed by atoms with Crippen LogP contribution in [-0.2, 0) is 43.6 Å². The maximum Gasteiger partial charge on any atom is 0.303 e. The molecule has 3 aromatic rings. The minimum atomic E-state index is -1.03. The molecule has 37 heavy (non-hydrogen) atoms. The molecule has 5 atom stereocenters. The van der Waals surface area contributed by atoms with E-state index in [1.165, 1.54) is 0 Å². The molecular formula is C30H31NO6. The lowest BCUT2D eigenvalue weighted by Gasteiger charge is -2.44. The Bertz CT molecular complexity index is 1130. The van der Waals surface area contributed by atoms with Crippen molar-refractivity contribution >= 4 is 5.97 Å². The summed E-state index contributed by atoms with van der Waals surface area (Å²) in [5.41, 5.74) is 2.92. The second-order valence-corrected chi connectivity index (χ2v) is 9.01. The van der Waals surface area contributed by atoms with Gasteiger partial charge in [-0.3, -0.25) is 4.79 Å². The number of benzene rings is 3. The van der Waals surface area contributed by atoms with Crippen LogP contribution in [0.4, 0.5) is 0 Å². The number of hydrogen-bond acceptors (Lipinski definition) is 6. The number of hydrogen-bond donors (Lipinski definition) is 1. The van der Waals surface area contributed by atoms with Crippen LogP contribution in [-0.4, -0.2) is 42.1 Å². The Balaban J connectivity index is 1.57. The first-order valence-electron chi connectivity index (χ1n) is 12.3. The predicted molar refractivity (Wildman–Crippen MR) is 136 cm³/mol. The zero-order valence-corrected chi connectivity index (χ0v) is 20.5. The minimum absolute atomic E-state index is 0.164. The van der Waals surface area contributed by atoms with Crippen molar-refractivity contribution in [2.45, 2.75) is 50.7 Å². The van der Waals surface area contributed by atoms with Gasteiger partial charge in [-0.05, 0) is 16.7 Å². The van der Waals surface area contributed by atoms with E-state index in [-0.39, 0.29) is 26.2 Å². The third-order valence-electron chi connectivity index (χ3n) is 6.32. The van der Waals surface area contributed by atoms with Crippen LogP contribution in [0, 0.1) is 17.2 Å². The highest BCUT2D eigenvalue weighted by atomic mass is 16.6. The molecule has 3 aromatic carbocycles. The van der Waals surface area contributed by atoms with Gasteiger partial charge in [-0.15, -0.1) is 0 Å². The molecule has 0 radical (unpaired) electrons. The number of nitrogens with zero attached hydrogens (tertiary/aromatic N) is 1. The average molecular weight is 502 g/mol. The smallest absolute Gasteiger partial charge is 0.303 e. The summed E-state index contributed by atoms with van der Waals surface area (Å²) in [6, 6.07) is 31.2. The topological polar surface area (TPSA) is 98.0 Å². The van der Waals surface area contributed by atoms with Gasteiger partial charge in [-0.25, -0.2) is 0 Å². The van der Waals surface area contributed by atoms with Crippen LogP contribution in [0.2, 0.25) is 0 Å². The standard InChI is InChI=1S/C30H31NO6/c31-17-26-25(16-28(32)33)29(35-19-23-12-6-2-7-13-23)30(36-20-24-14-8-3-9-15-24)27(37-26)21-34-18-22-10-4-1-5-11-22/h1-15,25-27,29-30H,16,18-21H2,(H,32,33)/t25?,26-,27?,29?,30+/m0/s1. The summed E-state index contributed by atoms with van der Waals surface area (Å²) in [6.07, 6.45) is -3.21. The van der Waals surface area contributed by atoms with Crippen LogP contribution in [0.1, 0.15) is 23.1 Å². The summed E-state index contributed by atoms with van der Waals surface area (Å²) in [4.78, 5) is 11.8. The molecular weight excluding hydrogens is 470 g/mol. The molecule has 0 amide bonds.